The third kappa shape index (κ3) is 5.65. The SMILES string of the molecule is C/C=C/c1ccc(CCC2CCC(c3ccc(-c4ccc(OCC)c(F)c4F)c(F)c3F)CO2)cc1. The maximum Gasteiger partial charge on any atom is 0.201 e. The van der Waals surface area contributed by atoms with Crippen LogP contribution in [-0.4, -0.2) is 19.3 Å². The van der Waals surface area contributed by atoms with Crippen molar-refractivity contribution in [3.05, 3.63) is 94.6 Å². The van der Waals surface area contributed by atoms with Crippen LogP contribution in [0.3, 0.4) is 0 Å². The summed E-state index contributed by atoms with van der Waals surface area (Å²) in [5, 5.41) is 0. The van der Waals surface area contributed by atoms with Crippen molar-refractivity contribution >= 4 is 6.08 Å². The molecule has 0 amide bonds. The fourth-order valence-corrected chi connectivity index (χ4v) is 4.69. The average Bonchev–Trinajstić information content (AvgIpc) is 2.89. The van der Waals surface area contributed by atoms with Crippen molar-refractivity contribution in [1.29, 1.82) is 0 Å². The smallest absolute Gasteiger partial charge is 0.201 e. The molecule has 2 atom stereocenters. The summed E-state index contributed by atoms with van der Waals surface area (Å²) in [6, 6.07) is 13.6. The minimum atomic E-state index is -1.27. The standard InChI is InChI=1S/C30H30F4O2/c1-3-5-19-6-8-20(9-7-19)10-12-22-13-11-21(18-36-22)23-14-15-24(28(32)27(23)31)25-16-17-26(35-4-2)30(34)29(25)33/h3,5-9,14-17,21-22H,4,10-13,18H2,1-2H3/b5-3+. The van der Waals surface area contributed by atoms with E-state index in [0.717, 1.165) is 24.8 Å². The molecule has 0 aliphatic carbocycles. The van der Waals surface area contributed by atoms with Crippen molar-refractivity contribution in [3.63, 3.8) is 0 Å². The zero-order chi connectivity index (χ0) is 25.7. The van der Waals surface area contributed by atoms with Crippen LogP contribution in [0.2, 0.25) is 0 Å². The van der Waals surface area contributed by atoms with E-state index in [4.69, 9.17) is 9.47 Å². The van der Waals surface area contributed by atoms with Gasteiger partial charge in [0, 0.05) is 17.0 Å². The highest BCUT2D eigenvalue weighted by molar-refractivity contribution is 5.67. The number of rotatable bonds is 8. The van der Waals surface area contributed by atoms with E-state index in [9.17, 15) is 13.2 Å². The molecule has 190 valence electrons. The summed E-state index contributed by atoms with van der Waals surface area (Å²) in [5.74, 6) is -5.30. The monoisotopic (exact) mass is 498 g/mol. The Hall–Kier alpha value is -3.12. The zero-order valence-corrected chi connectivity index (χ0v) is 20.5. The number of aryl methyl sites for hydroxylation is 1. The molecular weight excluding hydrogens is 468 g/mol. The molecule has 1 heterocycles. The van der Waals surface area contributed by atoms with E-state index in [1.165, 1.54) is 29.8 Å². The summed E-state index contributed by atoms with van der Waals surface area (Å²) < 4.78 is 69.9. The molecule has 4 rings (SSSR count). The van der Waals surface area contributed by atoms with Crippen molar-refractivity contribution < 1.29 is 27.0 Å². The van der Waals surface area contributed by atoms with Crippen LogP contribution in [0.15, 0.2) is 54.6 Å². The van der Waals surface area contributed by atoms with E-state index < -0.39 is 23.3 Å². The minimum absolute atomic E-state index is 0.0598. The van der Waals surface area contributed by atoms with Gasteiger partial charge in [0.2, 0.25) is 5.82 Å². The lowest BCUT2D eigenvalue weighted by atomic mass is 9.88. The van der Waals surface area contributed by atoms with E-state index >= 15 is 4.39 Å². The summed E-state index contributed by atoms with van der Waals surface area (Å²) in [5.41, 5.74) is 1.91. The van der Waals surface area contributed by atoms with Gasteiger partial charge in [0.1, 0.15) is 0 Å². The largest absolute Gasteiger partial charge is 0.491 e. The van der Waals surface area contributed by atoms with Gasteiger partial charge >= 0.3 is 0 Å². The molecule has 6 heteroatoms. The van der Waals surface area contributed by atoms with E-state index in [2.05, 4.69) is 30.3 Å². The zero-order valence-electron chi connectivity index (χ0n) is 20.5. The second-order valence-electron chi connectivity index (χ2n) is 9.01. The van der Waals surface area contributed by atoms with Gasteiger partial charge in [-0.3, -0.25) is 0 Å². The Balaban J connectivity index is 1.40. The lowest BCUT2D eigenvalue weighted by Crippen LogP contribution is -2.26. The van der Waals surface area contributed by atoms with Crippen LogP contribution < -0.4 is 4.74 Å². The third-order valence-corrected chi connectivity index (χ3v) is 6.65. The average molecular weight is 499 g/mol. The van der Waals surface area contributed by atoms with Crippen molar-refractivity contribution in [3.8, 4) is 16.9 Å². The molecule has 0 saturated carbocycles. The van der Waals surface area contributed by atoms with Crippen LogP contribution in [-0.2, 0) is 11.2 Å². The van der Waals surface area contributed by atoms with Gasteiger partial charge < -0.3 is 9.47 Å². The van der Waals surface area contributed by atoms with Crippen LogP contribution in [0.1, 0.15) is 55.7 Å². The Morgan fingerprint density at radius 3 is 2.19 bits per heavy atom. The Morgan fingerprint density at radius 2 is 1.56 bits per heavy atom. The summed E-state index contributed by atoms with van der Waals surface area (Å²) >= 11 is 0. The molecule has 3 aromatic carbocycles. The fourth-order valence-electron chi connectivity index (χ4n) is 4.69. The summed E-state index contributed by atoms with van der Waals surface area (Å²) in [7, 11) is 0. The molecule has 0 radical (unpaired) electrons. The second kappa shape index (κ2) is 11.7. The van der Waals surface area contributed by atoms with Crippen LogP contribution in [0.5, 0.6) is 5.75 Å². The van der Waals surface area contributed by atoms with Crippen LogP contribution in [0.4, 0.5) is 17.6 Å². The lowest BCUT2D eigenvalue weighted by Gasteiger charge is -2.30. The molecule has 0 aromatic heterocycles. The summed E-state index contributed by atoms with van der Waals surface area (Å²) in [6.45, 7) is 4.06. The van der Waals surface area contributed by atoms with E-state index in [1.54, 1.807) is 6.92 Å². The van der Waals surface area contributed by atoms with Gasteiger partial charge in [-0.2, -0.15) is 4.39 Å². The molecule has 1 aliphatic rings. The van der Waals surface area contributed by atoms with E-state index in [0.29, 0.717) is 6.42 Å². The van der Waals surface area contributed by atoms with Crippen molar-refractivity contribution in [2.45, 2.75) is 51.6 Å². The van der Waals surface area contributed by atoms with Gasteiger partial charge in [-0.15, -0.1) is 0 Å². The molecule has 1 fully saturated rings. The first-order chi connectivity index (χ1) is 17.4. The van der Waals surface area contributed by atoms with Crippen LogP contribution in [0, 0.1) is 23.3 Å². The minimum Gasteiger partial charge on any atom is -0.491 e. The molecular formula is C30H30F4O2. The highest BCUT2D eigenvalue weighted by Crippen LogP contribution is 2.37. The maximum atomic E-state index is 15.0. The molecule has 3 aromatic rings. The Kier molecular flexibility index (Phi) is 8.47. The molecule has 2 nitrogen and oxygen atoms in total. The van der Waals surface area contributed by atoms with E-state index in [-0.39, 0.29) is 47.7 Å². The number of benzene rings is 3. The summed E-state index contributed by atoms with van der Waals surface area (Å²) in [6.07, 6.45) is 7.25. The normalized spacial score (nSPS) is 18.1. The first kappa shape index (κ1) is 26.0. The van der Waals surface area contributed by atoms with Gasteiger partial charge in [0.15, 0.2) is 23.2 Å². The van der Waals surface area contributed by atoms with Crippen molar-refractivity contribution in [1.82, 2.24) is 0 Å². The molecule has 36 heavy (non-hydrogen) atoms. The quantitative estimate of drug-likeness (QED) is 0.291. The van der Waals surface area contributed by atoms with Crippen LogP contribution in [0.25, 0.3) is 17.2 Å². The Morgan fingerprint density at radius 1 is 0.861 bits per heavy atom. The van der Waals surface area contributed by atoms with Gasteiger partial charge in [-0.1, -0.05) is 48.6 Å². The highest BCUT2D eigenvalue weighted by atomic mass is 19.2. The molecule has 1 aliphatic heterocycles. The van der Waals surface area contributed by atoms with Gasteiger partial charge in [0.25, 0.3) is 0 Å². The molecule has 0 N–H and O–H groups in total. The highest BCUT2D eigenvalue weighted by Gasteiger charge is 2.28. The molecule has 2 unspecified atom stereocenters. The first-order valence-corrected chi connectivity index (χ1v) is 12.3. The third-order valence-electron chi connectivity index (χ3n) is 6.65. The van der Waals surface area contributed by atoms with Gasteiger partial charge in [-0.25, -0.2) is 13.2 Å². The predicted octanol–water partition coefficient (Wildman–Crippen LogP) is 8.24. The molecule has 0 bridgehead atoms. The number of ether oxygens (including phenoxy) is 2. The van der Waals surface area contributed by atoms with Crippen molar-refractivity contribution in [2.75, 3.05) is 13.2 Å². The maximum absolute atomic E-state index is 15.0. The van der Waals surface area contributed by atoms with E-state index in [1.807, 2.05) is 13.0 Å². The topological polar surface area (TPSA) is 18.5 Å². The van der Waals surface area contributed by atoms with Gasteiger partial charge in [0.05, 0.1) is 19.3 Å². The van der Waals surface area contributed by atoms with Crippen molar-refractivity contribution in [2.24, 2.45) is 0 Å². The Labute approximate surface area is 209 Å². The first-order valence-electron chi connectivity index (χ1n) is 12.3. The molecule has 0 spiro atoms. The van der Waals surface area contributed by atoms with Gasteiger partial charge in [-0.05, 0) is 68.4 Å². The molecule has 1 saturated heterocycles. The second-order valence-corrected chi connectivity index (χ2v) is 9.01. The fraction of sp³-hybridized carbons (Fsp3) is 0.333. The number of hydrogen-bond donors (Lipinski definition) is 0. The lowest BCUT2D eigenvalue weighted by molar-refractivity contribution is -0.00126. The number of halogens is 4. The number of allylic oxidation sites excluding steroid dienone is 1. The predicted molar refractivity (Wildman–Crippen MR) is 134 cm³/mol. The summed E-state index contributed by atoms with van der Waals surface area (Å²) in [4.78, 5) is 0. The van der Waals surface area contributed by atoms with Crippen LogP contribution >= 0.6 is 0 Å². The number of hydrogen-bond acceptors (Lipinski definition) is 2. The Bertz CT molecular complexity index is 1210.